The van der Waals surface area contributed by atoms with Gasteiger partial charge in [-0.3, -0.25) is 14.3 Å². The van der Waals surface area contributed by atoms with Gasteiger partial charge in [-0.2, -0.15) is 0 Å². The molecule has 1 aromatic rings. The molecule has 3 heterocycles. The number of rotatable bonds is 4. The predicted molar refractivity (Wildman–Crippen MR) is 78.4 cm³/mol. The smallest absolute Gasteiger partial charge is 0.280 e. The molecule has 23 heavy (non-hydrogen) atoms. The molecule has 2 saturated heterocycles. The van der Waals surface area contributed by atoms with E-state index in [1.54, 1.807) is 0 Å². The molecular formula is C15H21F2N3O3. The van der Waals surface area contributed by atoms with Crippen molar-refractivity contribution in [1.29, 1.82) is 0 Å². The molecule has 8 heteroatoms. The van der Waals surface area contributed by atoms with Crippen molar-refractivity contribution >= 4 is 0 Å². The second-order valence-electron chi connectivity index (χ2n) is 6.26. The Kier molecular flexibility index (Phi) is 5.03. The summed E-state index contributed by atoms with van der Waals surface area (Å²) >= 11 is 0. The lowest BCUT2D eigenvalue weighted by Crippen LogP contribution is -2.47. The summed E-state index contributed by atoms with van der Waals surface area (Å²) in [6, 6.07) is 0.970. The second kappa shape index (κ2) is 7.02. The Labute approximate surface area is 132 Å². The molecule has 0 aliphatic carbocycles. The molecule has 0 radical (unpaired) electrons. The van der Waals surface area contributed by atoms with Gasteiger partial charge in [-0.05, 0) is 31.8 Å². The van der Waals surface area contributed by atoms with Crippen LogP contribution in [0.1, 0.15) is 25.0 Å². The van der Waals surface area contributed by atoms with Gasteiger partial charge in [0.25, 0.3) is 12.0 Å². The first-order valence-electron chi connectivity index (χ1n) is 7.89. The molecule has 2 atom stereocenters. The third-order valence-electron chi connectivity index (χ3n) is 4.72. The van der Waals surface area contributed by atoms with Crippen LogP contribution in [0.25, 0.3) is 0 Å². The van der Waals surface area contributed by atoms with Crippen LogP contribution < -0.4 is 5.56 Å². The van der Waals surface area contributed by atoms with Gasteiger partial charge in [0.2, 0.25) is 0 Å². The van der Waals surface area contributed by atoms with Gasteiger partial charge in [0.15, 0.2) is 0 Å². The average molecular weight is 329 g/mol. The van der Waals surface area contributed by atoms with Gasteiger partial charge in [0, 0.05) is 12.6 Å². The van der Waals surface area contributed by atoms with E-state index < -0.39 is 23.8 Å². The Morgan fingerprint density at radius 3 is 2.65 bits per heavy atom. The number of aromatic nitrogens is 2. The number of alkyl halides is 2. The molecule has 2 unspecified atom stereocenters. The van der Waals surface area contributed by atoms with E-state index >= 15 is 0 Å². The highest BCUT2D eigenvalue weighted by molar-refractivity contribution is 5.01. The number of nitrogens with zero attached hydrogens (tertiary/aromatic N) is 3. The largest absolute Gasteiger partial charge is 0.389 e. The van der Waals surface area contributed by atoms with Crippen molar-refractivity contribution in [2.75, 3.05) is 26.3 Å². The normalized spacial score (nSPS) is 27.0. The molecule has 0 amide bonds. The number of piperidine rings is 1. The van der Waals surface area contributed by atoms with E-state index in [-0.39, 0.29) is 6.04 Å². The summed E-state index contributed by atoms with van der Waals surface area (Å²) in [5, 5.41) is 9.87. The van der Waals surface area contributed by atoms with E-state index in [0.29, 0.717) is 25.7 Å². The lowest BCUT2D eigenvalue weighted by atomic mass is 9.95. The van der Waals surface area contributed by atoms with Crippen molar-refractivity contribution in [2.24, 2.45) is 5.92 Å². The highest BCUT2D eigenvalue weighted by Gasteiger charge is 2.33. The Morgan fingerprint density at radius 1 is 1.35 bits per heavy atom. The van der Waals surface area contributed by atoms with Crippen molar-refractivity contribution in [3.05, 3.63) is 28.4 Å². The van der Waals surface area contributed by atoms with E-state index in [0.717, 1.165) is 32.0 Å². The van der Waals surface area contributed by atoms with Gasteiger partial charge >= 0.3 is 0 Å². The van der Waals surface area contributed by atoms with Gasteiger partial charge in [0.1, 0.15) is 5.69 Å². The Bertz CT molecular complexity index is 588. The van der Waals surface area contributed by atoms with Crippen LogP contribution in [-0.4, -0.2) is 58.0 Å². The number of aliphatic hydroxyl groups is 1. The van der Waals surface area contributed by atoms with Crippen LogP contribution in [0.2, 0.25) is 0 Å². The fourth-order valence-corrected chi connectivity index (χ4v) is 3.32. The topological polar surface area (TPSA) is 67.6 Å². The quantitative estimate of drug-likeness (QED) is 0.879. The number of ether oxygens (including phenoxy) is 1. The first-order chi connectivity index (χ1) is 11.0. The molecular weight excluding hydrogens is 308 g/mol. The van der Waals surface area contributed by atoms with Crippen molar-refractivity contribution in [3.63, 3.8) is 0 Å². The van der Waals surface area contributed by atoms with Crippen LogP contribution in [0.5, 0.6) is 0 Å². The number of halogens is 2. The summed E-state index contributed by atoms with van der Waals surface area (Å²) in [5.74, 6) is 0.308. The number of likely N-dealkylation sites (tertiary alicyclic amines) is 1. The SMILES string of the molecule is O=c1cc(C(F)F)ncn1CC1CCN(C2COCC2O)CC1. The molecule has 2 aliphatic heterocycles. The molecule has 6 nitrogen and oxygen atoms in total. The molecule has 0 spiro atoms. The van der Waals surface area contributed by atoms with Crippen LogP contribution in [-0.2, 0) is 11.3 Å². The first kappa shape index (κ1) is 16.5. The number of hydrogen-bond donors (Lipinski definition) is 1. The van der Waals surface area contributed by atoms with Gasteiger partial charge in [-0.15, -0.1) is 0 Å². The molecule has 2 aliphatic rings. The fraction of sp³-hybridized carbons (Fsp3) is 0.733. The molecule has 0 aromatic carbocycles. The monoisotopic (exact) mass is 329 g/mol. The van der Waals surface area contributed by atoms with Gasteiger partial charge in [-0.1, -0.05) is 0 Å². The predicted octanol–water partition coefficient (Wildman–Crippen LogP) is 0.653. The molecule has 1 aromatic heterocycles. The van der Waals surface area contributed by atoms with Crippen LogP contribution in [0.15, 0.2) is 17.2 Å². The maximum absolute atomic E-state index is 12.5. The van der Waals surface area contributed by atoms with Crippen molar-refractivity contribution in [2.45, 2.75) is 38.0 Å². The summed E-state index contributed by atoms with van der Waals surface area (Å²) in [5.41, 5.74) is -0.909. The zero-order chi connectivity index (χ0) is 16.4. The van der Waals surface area contributed by atoms with Gasteiger partial charge in [-0.25, -0.2) is 13.8 Å². The van der Waals surface area contributed by atoms with Gasteiger partial charge in [0.05, 0.1) is 31.7 Å². The van der Waals surface area contributed by atoms with Crippen LogP contribution in [0.4, 0.5) is 8.78 Å². The van der Waals surface area contributed by atoms with Crippen LogP contribution in [0.3, 0.4) is 0 Å². The van der Waals surface area contributed by atoms with Crippen molar-refractivity contribution < 1.29 is 18.6 Å². The average Bonchev–Trinajstić information content (AvgIpc) is 2.96. The maximum Gasteiger partial charge on any atom is 0.280 e. The minimum absolute atomic E-state index is 0.0608. The lowest BCUT2D eigenvalue weighted by Gasteiger charge is -2.36. The molecule has 0 saturated carbocycles. The third kappa shape index (κ3) is 3.76. The van der Waals surface area contributed by atoms with Crippen molar-refractivity contribution in [3.8, 4) is 0 Å². The second-order valence-corrected chi connectivity index (χ2v) is 6.26. The molecule has 3 rings (SSSR count). The summed E-state index contributed by atoms with van der Waals surface area (Å²) in [6.45, 7) is 3.12. The van der Waals surface area contributed by atoms with E-state index in [2.05, 4.69) is 9.88 Å². The van der Waals surface area contributed by atoms with E-state index in [1.165, 1.54) is 10.9 Å². The number of hydrogen-bond acceptors (Lipinski definition) is 5. The Morgan fingerprint density at radius 2 is 2.09 bits per heavy atom. The van der Waals surface area contributed by atoms with Crippen LogP contribution >= 0.6 is 0 Å². The Balaban J connectivity index is 1.55. The summed E-state index contributed by atoms with van der Waals surface area (Å²) in [4.78, 5) is 17.7. The van der Waals surface area contributed by atoms with Crippen LogP contribution in [0, 0.1) is 5.92 Å². The third-order valence-corrected chi connectivity index (χ3v) is 4.72. The van der Waals surface area contributed by atoms with E-state index in [9.17, 15) is 18.7 Å². The van der Waals surface area contributed by atoms with Crippen molar-refractivity contribution in [1.82, 2.24) is 14.5 Å². The highest BCUT2D eigenvalue weighted by atomic mass is 19.3. The first-order valence-corrected chi connectivity index (χ1v) is 7.89. The summed E-state index contributed by atoms with van der Waals surface area (Å²) in [6.07, 6.45) is -0.149. The lowest BCUT2D eigenvalue weighted by molar-refractivity contribution is 0.0562. The molecule has 128 valence electrons. The van der Waals surface area contributed by atoms with Gasteiger partial charge < -0.3 is 9.84 Å². The highest BCUT2D eigenvalue weighted by Crippen LogP contribution is 2.23. The molecule has 2 fully saturated rings. The minimum Gasteiger partial charge on any atom is -0.389 e. The number of aliphatic hydroxyl groups excluding tert-OH is 1. The molecule has 0 bridgehead atoms. The Hall–Kier alpha value is -1.38. The standard InChI is InChI=1S/C15H21F2N3O3/c16-15(17)11-5-14(22)20(9-18-11)6-10-1-3-19(4-2-10)12-7-23-8-13(12)21/h5,9-10,12-13,15,21H,1-4,6-8H2. The minimum atomic E-state index is -2.72. The zero-order valence-electron chi connectivity index (χ0n) is 12.8. The summed E-state index contributed by atoms with van der Waals surface area (Å²) in [7, 11) is 0. The van der Waals surface area contributed by atoms with E-state index in [1.807, 2.05) is 0 Å². The fourth-order valence-electron chi connectivity index (χ4n) is 3.32. The summed E-state index contributed by atoms with van der Waals surface area (Å²) < 4.78 is 31.7. The zero-order valence-corrected chi connectivity index (χ0v) is 12.8. The molecule has 1 N–H and O–H groups in total. The maximum atomic E-state index is 12.5. The van der Waals surface area contributed by atoms with E-state index in [4.69, 9.17) is 4.74 Å².